The highest BCUT2D eigenvalue weighted by Gasteiger charge is 2.43. The molecule has 3 rings (SSSR count). The van der Waals surface area contributed by atoms with Crippen molar-refractivity contribution in [1.82, 2.24) is 0 Å². The molecule has 1 aromatic heterocycles. The molecule has 0 saturated heterocycles. The fourth-order valence-electron chi connectivity index (χ4n) is 2.38. The topological polar surface area (TPSA) is 26.9 Å². The van der Waals surface area contributed by atoms with Crippen LogP contribution in [0.15, 0.2) is 24.4 Å². The zero-order valence-corrected chi connectivity index (χ0v) is 11.8. The van der Waals surface area contributed by atoms with Crippen LogP contribution in [-0.2, 0) is 5.41 Å². The summed E-state index contributed by atoms with van der Waals surface area (Å²) in [6.07, 6.45) is 2.74. The first-order chi connectivity index (χ1) is 9.83. The standard InChI is InChI=1S/C15H11ClF3NO/c1-15(3-4-15)9-2-5-20(21)14(13(9)19)8-6-10(16)12(18)7-11(8)17/h2,5-7H,3-4H2,1H3. The highest BCUT2D eigenvalue weighted by atomic mass is 35.5. The molecule has 2 aromatic rings. The van der Waals surface area contributed by atoms with Gasteiger partial charge in [0.1, 0.15) is 11.6 Å². The van der Waals surface area contributed by atoms with E-state index in [9.17, 15) is 18.4 Å². The SMILES string of the molecule is CC1(c2cc[n+]([O-])c(-c3cc(Cl)c(F)cc3F)c2F)CC1. The summed E-state index contributed by atoms with van der Waals surface area (Å²) < 4.78 is 42.0. The molecule has 0 N–H and O–H groups in total. The molecule has 0 radical (unpaired) electrons. The van der Waals surface area contributed by atoms with Gasteiger partial charge in [-0.2, -0.15) is 9.12 Å². The van der Waals surface area contributed by atoms with Crippen LogP contribution in [0.2, 0.25) is 5.02 Å². The first-order valence-electron chi connectivity index (χ1n) is 6.40. The van der Waals surface area contributed by atoms with Gasteiger partial charge in [0.25, 0.3) is 5.69 Å². The molecular formula is C15H11ClF3NO. The largest absolute Gasteiger partial charge is 0.618 e. The molecule has 0 amide bonds. The van der Waals surface area contributed by atoms with Crippen LogP contribution in [0.3, 0.4) is 0 Å². The van der Waals surface area contributed by atoms with Crippen LogP contribution < -0.4 is 4.73 Å². The van der Waals surface area contributed by atoms with Crippen LogP contribution in [-0.4, -0.2) is 0 Å². The molecule has 21 heavy (non-hydrogen) atoms. The van der Waals surface area contributed by atoms with Gasteiger partial charge in [0, 0.05) is 17.7 Å². The molecule has 1 saturated carbocycles. The Balaban J connectivity index is 2.25. The number of nitrogens with zero attached hydrogens (tertiary/aromatic N) is 1. The van der Waals surface area contributed by atoms with Gasteiger partial charge in [-0.1, -0.05) is 18.5 Å². The van der Waals surface area contributed by atoms with Crippen molar-refractivity contribution in [3.05, 3.63) is 57.6 Å². The van der Waals surface area contributed by atoms with E-state index < -0.39 is 23.1 Å². The van der Waals surface area contributed by atoms with Crippen molar-refractivity contribution in [3.8, 4) is 11.3 Å². The van der Waals surface area contributed by atoms with E-state index in [1.54, 1.807) is 0 Å². The predicted molar refractivity (Wildman–Crippen MR) is 72.3 cm³/mol. The van der Waals surface area contributed by atoms with Gasteiger partial charge in [-0.05, 0) is 24.3 Å². The third kappa shape index (κ3) is 2.25. The molecule has 6 heteroatoms. The first kappa shape index (κ1) is 14.2. The molecule has 0 aliphatic heterocycles. The van der Waals surface area contributed by atoms with Gasteiger partial charge in [-0.25, -0.2) is 8.78 Å². The lowest BCUT2D eigenvalue weighted by molar-refractivity contribution is -0.595. The number of rotatable bonds is 2. The lowest BCUT2D eigenvalue weighted by atomic mass is 9.96. The van der Waals surface area contributed by atoms with Gasteiger partial charge in [-0.3, -0.25) is 0 Å². The van der Waals surface area contributed by atoms with Gasteiger partial charge in [0.05, 0.1) is 10.6 Å². The minimum Gasteiger partial charge on any atom is -0.618 e. The van der Waals surface area contributed by atoms with E-state index in [2.05, 4.69) is 0 Å². The molecule has 0 bridgehead atoms. The minimum atomic E-state index is -1.03. The molecule has 2 nitrogen and oxygen atoms in total. The summed E-state index contributed by atoms with van der Waals surface area (Å²) in [5.41, 5.74) is -0.780. The van der Waals surface area contributed by atoms with Crippen molar-refractivity contribution in [2.24, 2.45) is 0 Å². The smallest absolute Gasteiger partial charge is 0.263 e. The average Bonchev–Trinajstić information content (AvgIpc) is 3.14. The number of hydrogen-bond acceptors (Lipinski definition) is 1. The second-order valence-electron chi connectivity index (χ2n) is 5.52. The van der Waals surface area contributed by atoms with Gasteiger partial charge < -0.3 is 5.21 Å². The minimum absolute atomic E-state index is 0.233. The Labute approximate surface area is 124 Å². The van der Waals surface area contributed by atoms with Crippen LogP contribution in [0.4, 0.5) is 13.2 Å². The Hall–Kier alpha value is -1.75. The van der Waals surface area contributed by atoms with Crippen LogP contribution in [0.5, 0.6) is 0 Å². The predicted octanol–water partition coefficient (Wildman–Crippen LogP) is 4.11. The second-order valence-corrected chi connectivity index (χ2v) is 5.93. The molecule has 1 aromatic carbocycles. The maximum atomic E-state index is 14.6. The molecular weight excluding hydrogens is 303 g/mol. The summed E-state index contributed by atoms with van der Waals surface area (Å²) in [5, 5.41) is 11.5. The zero-order valence-electron chi connectivity index (χ0n) is 11.1. The van der Waals surface area contributed by atoms with Crippen LogP contribution in [0.25, 0.3) is 11.3 Å². The van der Waals surface area contributed by atoms with E-state index in [1.807, 2.05) is 6.92 Å². The molecule has 1 heterocycles. The Morgan fingerprint density at radius 3 is 2.48 bits per heavy atom. The number of pyridine rings is 1. The highest BCUT2D eigenvalue weighted by Crippen LogP contribution is 2.49. The van der Waals surface area contributed by atoms with E-state index >= 15 is 0 Å². The third-order valence-electron chi connectivity index (χ3n) is 3.96. The summed E-state index contributed by atoms with van der Waals surface area (Å²) >= 11 is 5.61. The van der Waals surface area contributed by atoms with Crippen molar-refractivity contribution in [1.29, 1.82) is 0 Å². The zero-order chi connectivity index (χ0) is 15.4. The van der Waals surface area contributed by atoms with Crippen molar-refractivity contribution in [2.45, 2.75) is 25.2 Å². The summed E-state index contributed by atoms with van der Waals surface area (Å²) in [6.45, 7) is 1.87. The normalized spacial score (nSPS) is 16.0. The van der Waals surface area contributed by atoms with Crippen molar-refractivity contribution in [2.75, 3.05) is 0 Å². The van der Waals surface area contributed by atoms with E-state index in [-0.39, 0.29) is 20.7 Å². The maximum Gasteiger partial charge on any atom is 0.263 e. The van der Waals surface area contributed by atoms with Crippen molar-refractivity contribution < 1.29 is 17.9 Å². The van der Waals surface area contributed by atoms with Gasteiger partial charge in [-0.15, -0.1) is 0 Å². The fourth-order valence-corrected chi connectivity index (χ4v) is 2.54. The Morgan fingerprint density at radius 1 is 1.19 bits per heavy atom. The molecule has 1 aliphatic rings. The summed E-state index contributed by atoms with van der Waals surface area (Å²) in [7, 11) is 0. The number of aromatic nitrogens is 1. The van der Waals surface area contributed by atoms with Crippen molar-refractivity contribution in [3.63, 3.8) is 0 Å². The molecule has 0 unspecified atom stereocenters. The van der Waals surface area contributed by atoms with E-state index in [0.717, 1.165) is 25.1 Å². The maximum absolute atomic E-state index is 14.6. The number of hydrogen-bond donors (Lipinski definition) is 0. The molecule has 110 valence electrons. The van der Waals surface area contributed by atoms with Crippen molar-refractivity contribution >= 4 is 11.6 Å². The number of benzene rings is 1. The molecule has 1 fully saturated rings. The van der Waals surface area contributed by atoms with Crippen LogP contribution in [0.1, 0.15) is 25.3 Å². The quantitative estimate of drug-likeness (QED) is 0.465. The lowest BCUT2D eigenvalue weighted by Gasteiger charge is -2.14. The Kier molecular flexibility index (Phi) is 3.13. The summed E-state index contributed by atoms with van der Waals surface area (Å²) in [6, 6.07) is 2.88. The molecule has 0 atom stereocenters. The van der Waals surface area contributed by atoms with Crippen LogP contribution in [0, 0.1) is 22.7 Å². The molecule has 0 spiro atoms. The fraction of sp³-hybridized carbons (Fsp3) is 0.267. The van der Waals surface area contributed by atoms with Gasteiger partial charge >= 0.3 is 0 Å². The van der Waals surface area contributed by atoms with Crippen LogP contribution >= 0.6 is 11.6 Å². The summed E-state index contributed by atoms with van der Waals surface area (Å²) in [4.78, 5) is 0. The lowest BCUT2D eigenvalue weighted by Crippen LogP contribution is -2.31. The first-order valence-corrected chi connectivity index (χ1v) is 6.78. The number of halogens is 4. The second kappa shape index (κ2) is 4.63. The summed E-state index contributed by atoms with van der Waals surface area (Å²) in [5.74, 6) is -2.77. The third-order valence-corrected chi connectivity index (χ3v) is 4.25. The van der Waals surface area contributed by atoms with Gasteiger partial charge in [0.15, 0.2) is 12.0 Å². The Bertz CT molecular complexity index is 744. The van der Waals surface area contributed by atoms with E-state index in [4.69, 9.17) is 11.6 Å². The Morgan fingerprint density at radius 2 is 1.86 bits per heavy atom. The highest BCUT2D eigenvalue weighted by molar-refractivity contribution is 6.31. The van der Waals surface area contributed by atoms with E-state index in [1.165, 1.54) is 6.07 Å². The van der Waals surface area contributed by atoms with E-state index in [0.29, 0.717) is 11.6 Å². The molecule has 1 aliphatic carbocycles. The average molecular weight is 314 g/mol. The monoisotopic (exact) mass is 313 g/mol. The van der Waals surface area contributed by atoms with Gasteiger partial charge in [0.2, 0.25) is 0 Å².